The normalized spacial score (nSPS) is 39.2. The second-order valence-corrected chi connectivity index (χ2v) is 23.5. The van der Waals surface area contributed by atoms with E-state index in [2.05, 4.69) is 149 Å². The van der Waals surface area contributed by atoms with Gasteiger partial charge in [0.15, 0.2) is 0 Å². The van der Waals surface area contributed by atoms with Gasteiger partial charge in [0.05, 0.1) is 0 Å². The van der Waals surface area contributed by atoms with Crippen molar-refractivity contribution in [1.82, 2.24) is 0 Å². The molecule has 6 unspecified atom stereocenters. The van der Waals surface area contributed by atoms with E-state index < -0.39 is 0 Å². The van der Waals surface area contributed by atoms with Crippen molar-refractivity contribution < 1.29 is 51.7 Å². The van der Waals surface area contributed by atoms with E-state index in [4.69, 9.17) is 0 Å². The topological polar surface area (TPSA) is 0 Å². The van der Waals surface area contributed by atoms with E-state index in [0.29, 0.717) is 16.2 Å². The van der Waals surface area contributed by atoms with Crippen molar-refractivity contribution in [1.29, 1.82) is 0 Å². The van der Waals surface area contributed by atoms with Crippen LogP contribution in [0.5, 0.6) is 0 Å². The van der Waals surface area contributed by atoms with Crippen LogP contribution >= 0.6 is 0 Å². The van der Waals surface area contributed by atoms with E-state index in [9.17, 15) is 0 Å². The molecule has 8 aliphatic rings. The maximum Gasteiger partial charge on any atom is 4.00 e. The van der Waals surface area contributed by atoms with Crippen molar-refractivity contribution in [3.05, 3.63) is 106 Å². The van der Waals surface area contributed by atoms with Crippen LogP contribution in [-0.2, 0) is 51.7 Å². The van der Waals surface area contributed by atoms with Gasteiger partial charge in [0.1, 0.15) is 0 Å². The van der Waals surface area contributed by atoms with Gasteiger partial charge in [-0.05, 0) is 185 Å². The maximum atomic E-state index is 2.68. The molecule has 0 amide bonds. The maximum absolute atomic E-state index is 2.68. The predicted molar refractivity (Wildman–Crippen MR) is 286 cm³/mol. The van der Waals surface area contributed by atoms with Crippen molar-refractivity contribution in [2.24, 2.45) is 111 Å². The molecule has 63 heavy (non-hydrogen) atoms. The van der Waals surface area contributed by atoms with E-state index in [0.717, 1.165) is 94.7 Å². The summed E-state index contributed by atoms with van der Waals surface area (Å²) in [5, 5.41) is 0. The molecule has 0 heterocycles. The molecule has 2 heteroatoms. The molecular formula is C61H114Hf2. The number of fused-ring (bicyclic) bond motifs is 4. The Morgan fingerprint density at radius 1 is 0.349 bits per heavy atom. The Morgan fingerprint density at radius 2 is 0.603 bits per heavy atom. The van der Waals surface area contributed by atoms with E-state index in [-0.39, 0.29) is 111 Å². The van der Waals surface area contributed by atoms with Crippen LogP contribution in [0.3, 0.4) is 0 Å². The number of rotatable bonds is 0. The minimum atomic E-state index is 0. The molecule has 8 rings (SSSR count). The third-order valence-electron chi connectivity index (χ3n) is 18.9. The SMILES string of the molecule is CC1C(C)C(C)C(C)C1C.CC1C(C)C(C)C(C)C1C.CC1CCC2C=C3C(=CC12)C(C)(C)CCC3(C)C.CC1CCC2C=C3CC(C)(C)CC3=CC12.[CH3-].[CH3-].[CH3-].[CH3-].[CH3-].[CH3-].[CH3-].[CH3-].[Hf+4].[Hf+4]. The predicted octanol–water partition coefficient (Wildman–Crippen LogP) is 19.7. The van der Waals surface area contributed by atoms with Gasteiger partial charge in [0, 0.05) is 0 Å². The molecule has 0 N–H and O–H groups in total. The van der Waals surface area contributed by atoms with Gasteiger partial charge in [-0.1, -0.05) is 149 Å². The summed E-state index contributed by atoms with van der Waals surface area (Å²) in [6.45, 7) is 43.5. The van der Waals surface area contributed by atoms with Gasteiger partial charge >= 0.3 is 51.7 Å². The molecule has 0 saturated heterocycles. The Labute approximate surface area is 441 Å². The smallest absolute Gasteiger partial charge is 0.358 e. The summed E-state index contributed by atoms with van der Waals surface area (Å²) in [6.07, 6.45) is 21.6. The van der Waals surface area contributed by atoms with Gasteiger partial charge in [0.25, 0.3) is 0 Å². The number of hydrogen-bond acceptors (Lipinski definition) is 0. The Hall–Kier alpha value is 0.700. The van der Waals surface area contributed by atoms with Crippen LogP contribution in [0.2, 0.25) is 0 Å². The quantitative estimate of drug-likeness (QED) is 0.168. The molecule has 0 aliphatic heterocycles. The molecule has 8 aliphatic carbocycles. The second-order valence-electron chi connectivity index (χ2n) is 23.5. The zero-order chi connectivity index (χ0) is 39.5. The molecule has 0 aromatic rings. The summed E-state index contributed by atoms with van der Waals surface area (Å²) in [6, 6.07) is 0. The Morgan fingerprint density at radius 3 is 0.921 bits per heavy atom. The van der Waals surface area contributed by atoms with Crippen LogP contribution in [0, 0.1) is 170 Å². The zero-order valence-electron chi connectivity index (χ0n) is 47.7. The van der Waals surface area contributed by atoms with Gasteiger partial charge in [-0.3, -0.25) is 0 Å². The summed E-state index contributed by atoms with van der Waals surface area (Å²) < 4.78 is 0. The van der Waals surface area contributed by atoms with Gasteiger partial charge in [-0.2, -0.15) is 0 Å². The third kappa shape index (κ3) is 16.1. The summed E-state index contributed by atoms with van der Waals surface area (Å²) >= 11 is 0. The van der Waals surface area contributed by atoms with Crippen LogP contribution < -0.4 is 0 Å². The Kier molecular flexibility index (Phi) is 34.6. The molecule has 6 atom stereocenters. The van der Waals surface area contributed by atoms with Gasteiger partial charge < -0.3 is 59.4 Å². The van der Waals surface area contributed by atoms with Gasteiger partial charge in [-0.25, -0.2) is 0 Å². The fourth-order valence-electron chi connectivity index (χ4n) is 13.1. The molecule has 366 valence electrons. The summed E-state index contributed by atoms with van der Waals surface area (Å²) in [5.74, 6) is 14.6. The van der Waals surface area contributed by atoms with Gasteiger partial charge in [0.2, 0.25) is 0 Å². The fraction of sp³-hybridized carbons (Fsp3) is 0.738. The first-order chi connectivity index (χ1) is 24.5. The molecule has 0 nitrogen and oxygen atoms in total. The monoisotopic (exact) mass is 1210 g/mol. The average Bonchev–Trinajstić information content (AvgIpc) is 3.83. The first-order valence-corrected chi connectivity index (χ1v) is 23.3. The Bertz CT molecular complexity index is 1280. The van der Waals surface area contributed by atoms with Crippen molar-refractivity contribution in [2.45, 2.75) is 176 Å². The molecule has 0 aromatic carbocycles. The first-order valence-electron chi connectivity index (χ1n) is 23.3. The van der Waals surface area contributed by atoms with E-state index in [1.54, 1.807) is 22.3 Å². The van der Waals surface area contributed by atoms with Crippen LogP contribution in [-0.4, -0.2) is 0 Å². The number of hydrogen-bond donors (Lipinski definition) is 0. The van der Waals surface area contributed by atoms with Crippen molar-refractivity contribution in [3.63, 3.8) is 0 Å². The standard InChI is InChI=1S/C18H28.C15H22.2C10H20.8CH3.2Hf/c1-12-6-7-13-10-15-16(11-14(12)13)18(4,5)9-8-17(15,2)3;1-10-4-5-11-6-12-8-15(2,3)9-13(12)7-14(10)11;2*1-6-7(2)9(4)10(5)8(6)3;;;;;;;;;;/h10-14H,6-9H2,1-5H3;6-7,10-11,14H,4-5,8-9H2,1-3H3;2*6-10H,1-5H3;8*1H3;;/q;;;;8*-1;2*+4. The van der Waals surface area contributed by atoms with E-state index in [1.807, 2.05) is 0 Å². The average molecular weight is 1200 g/mol. The molecule has 0 aromatic heterocycles. The van der Waals surface area contributed by atoms with Crippen molar-refractivity contribution in [2.75, 3.05) is 0 Å². The molecule has 0 spiro atoms. The summed E-state index contributed by atoms with van der Waals surface area (Å²) in [5.41, 5.74) is 8.08. The molecule has 0 radical (unpaired) electrons. The van der Waals surface area contributed by atoms with Crippen molar-refractivity contribution in [3.8, 4) is 0 Å². The zero-order valence-corrected chi connectivity index (χ0v) is 54.9. The van der Waals surface area contributed by atoms with E-state index >= 15 is 0 Å². The minimum Gasteiger partial charge on any atom is -0.358 e. The summed E-state index contributed by atoms with van der Waals surface area (Å²) in [4.78, 5) is 0. The first kappa shape index (κ1) is 75.2. The summed E-state index contributed by atoms with van der Waals surface area (Å²) in [7, 11) is 0. The van der Waals surface area contributed by atoms with Crippen LogP contribution in [0.15, 0.2) is 46.6 Å². The van der Waals surface area contributed by atoms with Crippen LogP contribution in [0.25, 0.3) is 0 Å². The largest absolute Gasteiger partial charge is 4.00 e. The van der Waals surface area contributed by atoms with Crippen molar-refractivity contribution >= 4 is 0 Å². The molecular weight excluding hydrogens is 1090 g/mol. The molecule has 6 fully saturated rings. The molecule has 0 bridgehead atoms. The third-order valence-corrected chi connectivity index (χ3v) is 18.9. The minimum absolute atomic E-state index is 0. The Balaban J connectivity index is -0.000000168. The molecule has 6 saturated carbocycles. The second kappa shape index (κ2) is 29.0. The number of allylic oxidation sites excluding steroid dienone is 8. The van der Waals surface area contributed by atoms with E-state index in [1.165, 1.54) is 51.4 Å². The fourth-order valence-corrected chi connectivity index (χ4v) is 13.1. The van der Waals surface area contributed by atoms with Gasteiger partial charge in [-0.15, -0.1) is 0 Å². The van der Waals surface area contributed by atoms with Crippen LogP contribution in [0.1, 0.15) is 176 Å². The van der Waals surface area contributed by atoms with Crippen LogP contribution in [0.4, 0.5) is 0 Å².